The molecule has 1 aromatic carbocycles. The lowest BCUT2D eigenvalue weighted by atomic mass is 9.89. The maximum Gasteiger partial charge on any atom is 0.113 e. The minimum Gasteiger partial charge on any atom is -0.0961 e. The van der Waals surface area contributed by atoms with Crippen molar-refractivity contribution in [3.63, 3.8) is 0 Å². The van der Waals surface area contributed by atoms with Gasteiger partial charge in [0.25, 0.3) is 0 Å². The molecular formula is C10H9B. The number of aryl methyl sites for hydroxylation is 1. The fourth-order valence-corrected chi connectivity index (χ4v) is 1.45. The first-order valence-corrected chi connectivity index (χ1v) is 3.91. The van der Waals surface area contributed by atoms with Gasteiger partial charge in [0.1, 0.15) is 7.85 Å². The molecule has 0 unspecified atom stereocenters. The molecule has 0 aliphatic heterocycles. The van der Waals surface area contributed by atoms with Crippen LogP contribution in [0.15, 0.2) is 24.3 Å². The lowest BCUT2D eigenvalue weighted by Gasteiger charge is -2.10. The van der Waals surface area contributed by atoms with Crippen LogP contribution in [0.2, 0.25) is 0 Å². The standard InChI is InChI=1S/C10H9B/c11-10-6-5-8-3-1-2-4-9(8)7-10/h2,4-7H,1,3H2. The molecule has 2 radical (unpaired) electrons. The number of hydrogen-bond donors (Lipinski definition) is 0. The summed E-state index contributed by atoms with van der Waals surface area (Å²) < 4.78 is 0. The smallest absolute Gasteiger partial charge is 0.0961 e. The zero-order valence-corrected chi connectivity index (χ0v) is 6.38. The van der Waals surface area contributed by atoms with Crippen molar-refractivity contribution in [2.24, 2.45) is 0 Å². The van der Waals surface area contributed by atoms with Gasteiger partial charge in [0.05, 0.1) is 0 Å². The third-order valence-corrected chi connectivity index (χ3v) is 2.05. The van der Waals surface area contributed by atoms with Gasteiger partial charge in [0, 0.05) is 0 Å². The molecule has 1 aliphatic carbocycles. The minimum atomic E-state index is 0.857. The largest absolute Gasteiger partial charge is 0.113 e. The van der Waals surface area contributed by atoms with E-state index in [-0.39, 0.29) is 0 Å². The van der Waals surface area contributed by atoms with E-state index in [4.69, 9.17) is 7.85 Å². The molecule has 0 amide bonds. The second-order valence-electron chi connectivity index (χ2n) is 2.90. The highest BCUT2D eigenvalue weighted by atomic mass is 14.1. The van der Waals surface area contributed by atoms with Crippen LogP contribution in [0.4, 0.5) is 0 Å². The van der Waals surface area contributed by atoms with Crippen LogP contribution in [0.3, 0.4) is 0 Å². The summed E-state index contributed by atoms with van der Waals surface area (Å²) in [6.07, 6.45) is 6.67. The van der Waals surface area contributed by atoms with E-state index in [1.54, 1.807) is 0 Å². The first-order chi connectivity index (χ1) is 5.36. The highest BCUT2D eigenvalue weighted by Crippen LogP contribution is 2.16. The predicted molar refractivity (Wildman–Crippen MR) is 49.2 cm³/mol. The van der Waals surface area contributed by atoms with Crippen LogP contribution in [0, 0.1) is 0 Å². The third-order valence-electron chi connectivity index (χ3n) is 2.05. The molecule has 0 spiro atoms. The van der Waals surface area contributed by atoms with Gasteiger partial charge in [-0.2, -0.15) is 0 Å². The van der Waals surface area contributed by atoms with Gasteiger partial charge < -0.3 is 0 Å². The molecule has 2 rings (SSSR count). The molecular weight excluding hydrogens is 131 g/mol. The molecule has 0 atom stereocenters. The Kier molecular flexibility index (Phi) is 1.57. The average Bonchev–Trinajstić information content (AvgIpc) is 2.04. The molecule has 1 aromatic rings. The number of rotatable bonds is 0. The highest BCUT2D eigenvalue weighted by Gasteiger charge is 2.02. The van der Waals surface area contributed by atoms with E-state index in [9.17, 15) is 0 Å². The Bertz CT molecular complexity index is 300. The SMILES string of the molecule is [B]c1ccc2c(c1)C=CCC2. The Morgan fingerprint density at radius 1 is 1.27 bits per heavy atom. The van der Waals surface area contributed by atoms with Crippen molar-refractivity contribution in [1.82, 2.24) is 0 Å². The number of allylic oxidation sites excluding steroid dienone is 1. The molecule has 0 N–H and O–H groups in total. The number of hydrogen-bond acceptors (Lipinski definition) is 0. The van der Waals surface area contributed by atoms with Crippen molar-refractivity contribution >= 4 is 19.4 Å². The van der Waals surface area contributed by atoms with Crippen molar-refractivity contribution in [2.75, 3.05) is 0 Å². The molecule has 0 aromatic heterocycles. The second kappa shape index (κ2) is 2.57. The summed E-state index contributed by atoms with van der Waals surface area (Å²) in [4.78, 5) is 0. The first-order valence-electron chi connectivity index (χ1n) is 3.91. The van der Waals surface area contributed by atoms with Gasteiger partial charge >= 0.3 is 0 Å². The van der Waals surface area contributed by atoms with Gasteiger partial charge in [-0.15, -0.1) is 0 Å². The van der Waals surface area contributed by atoms with E-state index in [1.807, 2.05) is 12.1 Å². The normalized spacial score (nSPS) is 14.5. The Balaban J connectivity index is 2.54. The molecule has 0 saturated heterocycles. The van der Waals surface area contributed by atoms with E-state index in [0.717, 1.165) is 18.3 Å². The highest BCUT2D eigenvalue weighted by molar-refractivity contribution is 6.32. The van der Waals surface area contributed by atoms with Gasteiger partial charge in [-0.25, -0.2) is 0 Å². The summed E-state index contributed by atoms with van der Waals surface area (Å²) in [5.41, 5.74) is 3.56. The predicted octanol–water partition coefficient (Wildman–Crippen LogP) is 1.44. The van der Waals surface area contributed by atoms with Crippen molar-refractivity contribution in [2.45, 2.75) is 12.8 Å². The summed E-state index contributed by atoms with van der Waals surface area (Å²) in [5.74, 6) is 0. The zero-order chi connectivity index (χ0) is 7.68. The fourth-order valence-electron chi connectivity index (χ4n) is 1.45. The lowest BCUT2D eigenvalue weighted by Crippen LogP contribution is -2.05. The van der Waals surface area contributed by atoms with Crippen molar-refractivity contribution in [3.05, 3.63) is 35.4 Å². The van der Waals surface area contributed by atoms with Crippen LogP contribution in [0.25, 0.3) is 6.08 Å². The van der Waals surface area contributed by atoms with Gasteiger partial charge in [-0.05, 0) is 24.0 Å². The molecule has 52 valence electrons. The van der Waals surface area contributed by atoms with E-state index in [0.29, 0.717) is 0 Å². The number of benzene rings is 1. The van der Waals surface area contributed by atoms with E-state index in [2.05, 4.69) is 18.2 Å². The fraction of sp³-hybridized carbons (Fsp3) is 0.200. The van der Waals surface area contributed by atoms with Gasteiger partial charge in [0.2, 0.25) is 0 Å². The van der Waals surface area contributed by atoms with Crippen molar-refractivity contribution in [3.8, 4) is 0 Å². The van der Waals surface area contributed by atoms with Gasteiger partial charge in [0.15, 0.2) is 0 Å². The molecule has 0 heterocycles. The van der Waals surface area contributed by atoms with Crippen LogP contribution in [-0.4, -0.2) is 7.85 Å². The summed E-state index contributed by atoms with van der Waals surface area (Å²) in [7, 11) is 5.65. The van der Waals surface area contributed by atoms with Gasteiger partial charge in [-0.1, -0.05) is 35.8 Å². The lowest BCUT2D eigenvalue weighted by molar-refractivity contribution is 0.987. The van der Waals surface area contributed by atoms with Crippen molar-refractivity contribution in [1.29, 1.82) is 0 Å². The van der Waals surface area contributed by atoms with Crippen LogP contribution in [0.1, 0.15) is 17.5 Å². The monoisotopic (exact) mass is 140 g/mol. The molecule has 0 bridgehead atoms. The third kappa shape index (κ3) is 1.23. The van der Waals surface area contributed by atoms with Gasteiger partial charge in [-0.3, -0.25) is 0 Å². The summed E-state index contributed by atoms with van der Waals surface area (Å²) >= 11 is 0. The van der Waals surface area contributed by atoms with Crippen LogP contribution in [-0.2, 0) is 6.42 Å². The Hall–Kier alpha value is -0.975. The molecule has 1 heteroatoms. The summed E-state index contributed by atoms with van der Waals surface area (Å²) in [6, 6.07) is 6.12. The quantitative estimate of drug-likeness (QED) is 0.478. The summed E-state index contributed by atoms with van der Waals surface area (Å²) in [5, 5.41) is 0. The van der Waals surface area contributed by atoms with E-state index in [1.165, 1.54) is 11.1 Å². The Morgan fingerprint density at radius 2 is 2.18 bits per heavy atom. The zero-order valence-electron chi connectivity index (χ0n) is 6.38. The minimum absolute atomic E-state index is 0.857. The van der Waals surface area contributed by atoms with Crippen molar-refractivity contribution < 1.29 is 0 Å². The van der Waals surface area contributed by atoms with E-state index < -0.39 is 0 Å². The first kappa shape index (κ1) is 6.72. The molecule has 0 nitrogen and oxygen atoms in total. The topological polar surface area (TPSA) is 0 Å². The molecule has 0 saturated carbocycles. The van der Waals surface area contributed by atoms with Crippen LogP contribution >= 0.6 is 0 Å². The molecule has 1 aliphatic rings. The van der Waals surface area contributed by atoms with Crippen LogP contribution < -0.4 is 5.46 Å². The Labute approximate surface area is 68.3 Å². The molecule has 0 fully saturated rings. The molecule has 11 heavy (non-hydrogen) atoms. The maximum atomic E-state index is 5.65. The number of fused-ring (bicyclic) bond motifs is 1. The van der Waals surface area contributed by atoms with E-state index >= 15 is 0 Å². The maximum absolute atomic E-state index is 5.65. The average molecular weight is 140 g/mol. The van der Waals surface area contributed by atoms with Crippen LogP contribution in [0.5, 0.6) is 0 Å². The summed E-state index contributed by atoms with van der Waals surface area (Å²) in [6.45, 7) is 0. The Morgan fingerprint density at radius 3 is 3.09 bits per heavy atom. The second-order valence-corrected chi connectivity index (χ2v) is 2.90.